The predicted molar refractivity (Wildman–Crippen MR) is 56.1 cm³/mol. The van der Waals surface area contributed by atoms with Gasteiger partial charge in [-0.1, -0.05) is 39.3 Å². The molecule has 1 radical (unpaired) electrons. The van der Waals surface area contributed by atoms with Crippen molar-refractivity contribution < 1.29 is 4.79 Å². The van der Waals surface area contributed by atoms with Crippen LogP contribution in [-0.2, 0) is 4.79 Å². The van der Waals surface area contributed by atoms with Crippen LogP contribution in [0, 0.1) is 0 Å². The first-order valence-corrected chi connectivity index (χ1v) is 7.68. The highest BCUT2D eigenvalue weighted by Gasteiger charge is 2.04. The van der Waals surface area contributed by atoms with Crippen molar-refractivity contribution in [2.24, 2.45) is 0 Å². The fraction of sp³-hybridized carbons (Fsp3) is 0.900. The van der Waals surface area contributed by atoms with Crippen LogP contribution in [-0.4, -0.2) is 14.6 Å². The molecule has 0 aliphatic rings. The van der Waals surface area contributed by atoms with E-state index in [0.717, 1.165) is 18.9 Å². The van der Waals surface area contributed by atoms with Gasteiger partial charge in [-0.3, -0.25) is 0 Å². The number of rotatable bonds is 7. The lowest BCUT2D eigenvalue weighted by Gasteiger charge is -2.01. The predicted octanol–water partition coefficient (Wildman–Crippen LogP) is 3.28. The summed E-state index contributed by atoms with van der Waals surface area (Å²) in [7, 11) is -0.325. The van der Waals surface area contributed by atoms with Crippen molar-refractivity contribution in [3.63, 3.8) is 0 Å². The Kier molecular flexibility index (Phi) is 7.46. The third kappa shape index (κ3) is 7.99. The molecule has 0 heterocycles. The summed E-state index contributed by atoms with van der Waals surface area (Å²) in [5, 5.41) is 0. The summed E-state index contributed by atoms with van der Waals surface area (Å²) in [6, 6.07) is 0.872. The molecule has 0 aromatic rings. The van der Waals surface area contributed by atoms with Crippen LogP contribution in [0.5, 0.6) is 0 Å². The minimum absolute atomic E-state index is 0.325. The molecule has 0 aliphatic heterocycles. The van der Waals surface area contributed by atoms with Crippen molar-refractivity contribution in [3.8, 4) is 0 Å². The first-order chi connectivity index (χ1) is 5.66. The molecule has 12 heavy (non-hydrogen) atoms. The van der Waals surface area contributed by atoms with Gasteiger partial charge in [-0.05, 0) is 12.5 Å². The molecule has 0 aromatic carbocycles. The third-order valence-corrected chi connectivity index (χ3v) is 2.96. The average Bonchev–Trinajstić information content (AvgIpc) is 1.97. The van der Waals surface area contributed by atoms with Crippen LogP contribution < -0.4 is 0 Å². The Hall–Kier alpha value is -0.113. The number of hydrogen-bond acceptors (Lipinski definition) is 1. The Morgan fingerprint density at radius 2 is 1.83 bits per heavy atom. The first-order valence-electron chi connectivity index (χ1n) is 4.97. The second-order valence-corrected chi connectivity index (χ2v) is 6.50. The van der Waals surface area contributed by atoms with Crippen molar-refractivity contribution in [2.75, 3.05) is 0 Å². The summed E-state index contributed by atoms with van der Waals surface area (Å²) >= 11 is 0. The van der Waals surface area contributed by atoms with E-state index in [4.69, 9.17) is 0 Å². The van der Waals surface area contributed by atoms with Crippen LogP contribution in [0.1, 0.15) is 39.0 Å². The molecule has 0 unspecified atom stereocenters. The van der Waals surface area contributed by atoms with Gasteiger partial charge in [-0.15, -0.1) is 0 Å². The zero-order chi connectivity index (χ0) is 9.40. The fourth-order valence-electron chi connectivity index (χ4n) is 1.23. The van der Waals surface area contributed by atoms with Crippen LogP contribution in [0.25, 0.3) is 0 Å². The lowest BCUT2D eigenvalue weighted by atomic mass is 10.1. The third-order valence-electron chi connectivity index (χ3n) is 1.86. The molecule has 0 aromatic heterocycles. The van der Waals surface area contributed by atoms with Gasteiger partial charge in [0, 0.05) is 15.2 Å². The zero-order valence-corrected chi connectivity index (χ0v) is 9.65. The van der Waals surface area contributed by atoms with Crippen LogP contribution in [0.4, 0.5) is 0 Å². The van der Waals surface area contributed by atoms with E-state index in [9.17, 15) is 4.79 Å². The largest absolute Gasteiger partial charge is 0.300 e. The monoisotopic (exact) mass is 185 g/mol. The summed E-state index contributed by atoms with van der Waals surface area (Å²) in [4.78, 5) is 11.2. The van der Waals surface area contributed by atoms with Gasteiger partial charge in [0.2, 0.25) is 0 Å². The van der Waals surface area contributed by atoms with Crippen molar-refractivity contribution in [1.82, 2.24) is 0 Å². The minimum atomic E-state index is -0.325. The van der Waals surface area contributed by atoms with E-state index < -0.39 is 0 Å². The molecule has 0 saturated carbocycles. The SMILES string of the molecule is CCCCCCC(=O)C[Si](C)C. The quantitative estimate of drug-likeness (QED) is 0.439. The summed E-state index contributed by atoms with van der Waals surface area (Å²) in [5.41, 5.74) is 0. The Morgan fingerprint density at radius 3 is 2.33 bits per heavy atom. The Balaban J connectivity index is 3.20. The molecule has 0 bridgehead atoms. The highest BCUT2D eigenvalue weighted by Crippen LogP contribution is 2.05. The maximum absolute atomic E-state index is 11.2. The molecule has 0 aliphatic carbocycles. The summed E-state index contributed by atoms with van der Waals surface area (Å²) < 4.78 is 0. The van der Waals surface area contributed by atoms with Crippen LogP contribution in [0.15, 0.2) is 0 Å². The number of carbonyl (C=O) groups excluding carboxylic acids is 1. The molecule has 0 spiro atoms. The molecule has 0 amide bonds. The van der Waals surface area contributed by atoms with Gasteiger partial charge in [0.1, 0.15) is 5.78 Å². The van der Waals surface area contributed by atoms with Crippen LogP contribution in [0.3, 0.4) is 0 Å². The molecule has 0 atom stereocenters. The number of Topliss-reactive ketones (excluding diaryl/α,β-unsaturated/α-hetero) is 1. The van der Waals surface area contributed by atoms with E-state index in [0.29, 0.717) is 5.78 Å². The highest BCUT2D eigenvalue weighted by atomic mass is 28.3. The number of carbonyl (C=O) groups is 1. The normalized spacial score (nSPS) is 10.7. The fourth-order valence-corrected chi connectivity index (χ4v) is 2.20. The summed E-state index contributed by atoms with van der Waals surface area (Å²) in [5.74, 6) is 0.491. The molecule has 2 heteroatoms. The van der Waals surface area contributed by atoms with E-state index in [2.05, 4.69) is 20.0 Å². The Labute approximate surface area is 78.2 Å². The Morgan fingerprint density at radius 1 is 1.17 bits per heavy atom. The van der Waals surface area contributed by atoms with Crippen molar-refractivity contribution >= 4 is 14.6 Å². The van der Waals surface area contributed by atoms with Gasteiger partial charge in [0.25, 0.3) is 0 Å². The molecule has 71 valence electrons. The van der Waals surface area contributed by atoms with Crippen molar-refractivity contribution in [1.29, 1.82) is 0 Å². The van der Waals surface area contributed by atoms with Gasteiger partial charge < -0.3 is 4.79 Å². The van der Waals surface area contributed by atoms with Gasteiger partial charge in [0.15, 0.2) is 0 Å². The number of ketones is 1. The molecular weight excluding hydrogens is 164 g/mol. The van der Waals surface area contributed by atoms with Gasteiger partial charge in [0.05, 0.1) is 0 Å². The Bertz CT molecular complexity index is 121. The summed E-state index contributed by atoms with van der Waals surface area (Å²) in [6.45, 7) is 6.60. The standard InChI is InChI=1S/C10H21OSi/c1-4-5-6-7-8-10(11)9-12(2)3/h4-9H2,1-3H3. The maximum atomic E-state index is 11.2. The molecular formula is C10H21OSi. The lowest BCUT2D eigenvalue weighted by molar-refractivity contribution is -0.117. The average molecular weight is 185 g/mol. The van der Waals surface area contributed by atoms with E-state index in [1.54, 1.807) is 0 Å². The van der Waals surface area contributed by atoms with Gasteiger partial charge in [-0.25, -0.2) is 0 Å². The van der Waals surface area contributed by atoms with Gasteiger partial charge in [-0.2, -0.15) is 0 Å². The zero-order valence-electron chi connectivity index (χ0n) is 8.65. The highest BCUT2D eigenvalue weighted by molar-refractivity contribution is 6.59. The minimum Gasteiger partial charge on any atom is -0.300 e. The molecule has 1 nitrogen and oxygen atoms in total. The van der Waals surface area contributed by atoms with E-state index >= 15 is 0 Å². The number of unbranched alkanes of at least 4 members (excludes halogenated alkanes) is 3. The second kappa shape index (κ2) is 7.53. The maximum Gasteiger partial charge on any atom is 0.130 e. The van der Waals surface area contributed by atoms with E-state index in [-0.39, 0.29) is 8.80 Å². The first kappa shape index (κ1) is 11.9. The van der Waals surface area contributed by atoms with Crippen LogP contribution >= 0.6 is 0 Å². The smallest absolute Gasteiger partial charge is 0.130 e. The van der Waals surface area contributed by atoms with Gasteiger partial charge >= 0.3 is 0 Å². The molecule has 0 fully saturated rings. The molecule has 0 rings (SSSR count). The van der Waals surface area contributed by atoms with Crippen molar-refractivity contribution in [2.45, 2.75) is 58.2 Å². The second-order valence-electron chi connectivity index (χ2n) is 3.73. The van der Waals surface area contributed by atoms with E-state index in [1.165, 1.54) is 19.3 Å². The van der Waals surface area contributed by atoms with E-state index in [1.807, 2.05) is 0 Å². The number of hydrogen-bond donors (Lipinski definition) is 0. The molecule has 0 saturated heterocycles. The summed E-state index contributed by atoms with van der Waals surface area (Å²) in [6.07, 6.45) is 5.71. The molecule has 0 N–H and O–H groups in total. The van der Waals surface area contributed by atoms with Crippen molar-refractivity contribution in [3.05, 3.63) is 0 Å². The van der Waals surface area contributed by atoms with Crippen LogP contribution in [0.2, 0.25) is 19.1 Å². The topological polar surface area (TPSA) is 17.1 Å². The lowest BCUT2D eigenvalue weighted by Crippen LogP contribution is -2.08.